The Morgan fingerprint density at radius 2 is 2.09 bits per heavy atom. The third-order valence-electron chi connectivity index (χ3n) is 3.27. The van der Waals surface area contributed by atoms with Gasteiger partial charge in [0, 0.05) is 0 Å². The molecule has 0 spiro atoms. The Balaban J connectivity index is 2.05. The minimum absolute atomic E-state index is 0.948. The lowest BCUT2D eigenvalue weighted by Gasteiger charge is -2.26. The van der Waals surface area contributed by atoms with Crippen molar-refractivity contribution in [2.75, 3.05) is 0 Å². The van der Waals surface area contributed by atoms with Crippen molar-refractivity contribution >= 4 is 0 Å². The second kappa shape index (κ2) is 2.66. The molecule has 0 heterocycles. The van der Waals surface area contributed by atoms with E-state index in [0.29, 0.717) is 0 Å². The van der Waals surface area contributed by atoms with Crippen LogP contribution in [0.4, 0.5) is 0 Å². The summed E-state index contributed by atoms with van der Waals surface area (Å²) in [6, 6.07) is 0. The summed E-state index contributed by atoms with van der Waals surface area (Å²) in [4.78, 5) is 0. The van der Waals surface area contributed by atoms with Crippen LogP contribution in [0, 0.1) is 17.8 Å². The standard InChI is InChI=1S/C11H18/c1-8-3-4-9(2)11(7-8)10-5-6-10/h4,8,10-11H,3,5-7H2,1-2H3/t8?,11-/m1/s1. The fourth-order valence-corrected chi connectivity index (χ4v) is 2.32. The fraction of sp³-hybridized carbons (Fsp3) is 0.818. The Labute approximate surface area is 69.7 Å². The van der Waals surface area contributed by atoms with E-state index in [1.165, 1.54) is 25.7 Å². The molecule has 2 aliphatic rings. The molecule has 0 N–H and O–H groups in total. The highest BCUT2D eigenvalue weighted by molar-refractivity contribution is 5.11. The number of hydrogen-bond donors (Lipinski definition) is 0. The van der Waals surface area contributed by atoms with Gasteiger partial charge < -0.3 is 0 Å². The molecular weight excluding hydrogens is 132 g/mol. The first kappa shape index (κ1) is 7.39. The number of allylic oxidation sites excluding steroid dienone is 2. The highest BCUT2D eigenvalue weighted by Crippen LogP contribution is 2.45. The van der Waals surface area contributed by atoms with E-state index in [1.54, 1.807) is 5.57 Å². The third-order valence-corrected chi connectivity index (χ3v) is 3.27. The molecule has 0 aromatic heterocycles. The molecule has 1 unspecified atom stereocenters. The quantitative estimate of drug-likeness (QED) is 0.503. The second-order valence-corrected chi connectivity index (χ2v) is 4.47. The van der Waals surface area contributed by atoms with Gasteiger partial charge in [0.15, 0.2) is 0 Å². The maximum Gasteiger partial charge on any atom is -0.0175 e. The zero-order chi connectivity index (χ0) is 7.84. The molecule has 0 aliphatic heterocycles. The SMILES string of the molecule is CC1=CCC(C)C[C@H]1C1CC1. The summed E-state index contributed by atoms with van der Waals surface area (Å²) in [5.41, 5.74) is 1.69. The zero-order valence-electron chi connectivity index (χ0n) is 7.64. The molecule has 2 rings (SSSR count). The summed E-state index contributed by atoms with van der Waals surface area (Å²) in [5, 5.41) is 0. The molecule has 62 valence electrons. The van der Waals surface area contributed by atoms with Crippen LogP contribution >= 0.6 is 0 Å². The van der Waals surface area contributed by atoms with E-state index in [4.69, 9.17) is 0 Å². The molecule has 0 nitrogen and oxygen atoms in total. The van der Waals surface area contributed by atoms with Gasteiger partial charge in [-0.05, 0) is 50.4 Å². The van der Waals surface area contributed by atoms with Crippen LogP contribution in [0.25, 0.3) is 0 Å². The van der Waals surface area contributed by atoms with Crippen LogP contribution in [-0.2, 0) is 0 Å². The number of hydrogen-bond acceptors (Lipinski definition) is 0. The highest BCUT2D eigenvalue weighted by Gasteiger charge is 2.34. The smallest absolute Gasteiger partial charge is 0.0175 e. The summed E-state index contributed by atoms with van der Waals surface area (Å²) in [6.45, 7) is 4.72. The Morgan fingerprint density at radius 1 is 1.36 bits per heavy atom. The van der Waals surface area contributed by atoms with Crippen molar-refractivity contribution in [2.45, 2.75) is 39.5 Å². The van der Waals surface area contributed by atoms with Crippen LogP contribution in [0.15, 0.2) is 11.6 Å². The molecule has 11 heavy (non-hydrogen) atoms. The number of rotatable bonds is 1. The highest BCUT2D eigenvalue weighted by atomic mass is 14.4. The molecule has 1 saturated carbocycles. The monoisotopic (exact) mass is 150 g/mol. The molecular formula is C11H18. The van der Waals surface area contributed by atoms with E-state index in [9.17, 15) is 0 Å². The van der Waals surface area contributed by atoms with E-state index in [-0.39, 0.29) is 0 Å². The van der Waals surface area contributed by atoms with Crippen molar-refractivity contribution in [3.63, 3.8) is 0 Å². The maximum absolute atomic E-state index is 2.47. The molecule has 0 heteroatoms. The summed E-state index contributed by atoms with van der Waals surface area (Å²) >= 11 is 0. The minimum Gasteiger partial charge on any atom is -0.0851 e. The van der Waals surface area contributed by atoms with Crippen LogP contribution in [0.5, 0.6) is 0 Å². The molecule has 0 aromatic carbocycles. The molecule has 2 atom stereocenters. The predicted molar refractivity (Wildman–Crippen MR) is 48.4 cm³/mol. The van der Waals surface area contributed by atoms with Crippen molar-refractivity contribution < 1.29 is 0 Å². The lowest BCUT2D eigenvalue weighted by atomic mass is 9.80. The van der Waals surface area contributed by atoms with Gasteiger partial charge in [-0.1, -0.05) is 18.6 Å². The lowest BCUT2D eigenvalue weighted by Crippen LogP contribution is -2.14. The molecule has 0 amide bonds. The van der Waals surface area contributed by atoms with E-state index in [0.717, 1.165) is 17.8 Å². The fourth-order valence-electron chi connectivity index (χ4n) is 2.32. The van der Waals surface area contributed by atoms with Crippen molar-refractivity contribution in [3.8, 4) is 0 Å². The third kappa shape index (κ3) is 1.50. The van der Waals surface area contributed by atoms with Gasteiger partial charge in [0.05, 0.1) is 0 Å². The predicted octanol–water partition coefficient (Wildman–Crippen LogP) is 3.39. The van der Waals surface area contributed by atoms with Gasteiger partial charge in [0.2, 0.25) is 0 Å². The molecule has 1 fully saturated rings. The Hall–Kier alpha value is -0.260. The molecule has 2 aliphatic carbocycles. The summed E-state index contributed by atoms with van der Waals surface area (Å²) in [7, 11) is 0. The van der Waals surface area contributed by atoms with Gasteiger partial charge in [-0.3, -0.25) is 0 Å². The van der Waals surface area contributed by atoms with Gasteiger partial charge in [-0.15, -0.1) is 0 Å². The van der Waals surface area contributed by atoms with E-state index in [2.05, 4.69) is 19.9 Å². The Morgan fingerprint density at radius 3 is 2.73 bits per heavy atom. The van der Waals surface area contributed by atoms with Gasteiger partial charge in [-0.2, -0.15) is 0 Å². The first-order chi connectivity index (χ1) is 5.27. The minimum atomic E-state index is 0.948. The van der Waals surface area contributed by atoms with Crippen molar-refractivity contribution in [1.29, 1.82) is 0 Å². The van der Waals surface area contributed by atoms with Crippen LogP contribution in [0.2, 0.25) is 0 Å². The largest absolute Gasteiger partial charge is 0.0851 e. The van der Waals surface area contributed by atoms with E-state index in [1.807, 2.05) is 0 Å². The average molecular weight is 150 g/mol. The Bertz CT molecular complexity index is 174. The topological polar surface area (TPSA) is 0 Å². The van der Waals surface area contributed by atoms with Gasteiger partial charge in [0.25, 0.3) is 0 Å². The Kier molecular flexibility index (Phi) is 1.78. The van der Waals surface area contributed by atoms with Gasteiger partial charge in [-0.25, -0.2) is 0 Å². The lowest BCUT2D eigenvalue weighted by molar-refractivity contribution is 0.375. The summed E-state index contributed by atoms with van der Waals surface area (Å²) in [5.74, 6) is 3.00. The summed E-state index contributed by atoms with van der Waals surface area (Å²) in [6.07, 6.45) is 8.27. The normalized spacial score (nSPS) is 38.5. The molecule has 0 bridgehead atoms. The molecule has 0 radical (unpaired) electrons. The summed E-state index contributed by atoms with van der Waals surface area (Å²) < 4.78 is 0. The average Bonchev–Trinajstić information content (AvgIpc) is 2.76. The first-order valence-electron chi connectivity index (χ1n) is 4.94. The van der Waals surface area contributed by atoms with Gasteiger partial charge >= 0.3 is 0 Å². The van der Waals surface area contributed by atoms with Crippen LogP contribution in [-0.4, -0.2) is 0 Å². The van der Waals surface area contributed by atoms with E-state index < -0.39 is 0 Å². The van der Waals surface area contributed by atoms with Crippen LogP contribution < -0.4 is 0 Å². The molecule has 0 saturated heterocycles. The molecule has 0 aromatic rings. The second-order valence-electron chi connectivity index (χ2n) is 4.47. The van der Waals surface area contributed by atoms with Crippen molar-refractivity contribution in [2.24, 2.45) is 17.8 Å². The zero-order valence-corrected chi connectivity index (χ0v) is 7.64. The van der Waals surface area contributed by atoms with Crippen molar-refractivity contribution in [1.82, 2.24) is 0 Å². The van der Waals surface area contributed by atoms with Crippen molar-refractivity contribution in [3.05, 3.63) is 11.6 Å². The van der Waals surface area contributed by atoms with E-state index >= 15 is 0 Å². The van der Waals surface area contributed by atoms with Crippen LogP contribution in [0.3, 0.4) is 0 Å². The van der Waals surface area contributed by atoms with Gasteiger partial charge in [0.1, 0.15) is 0 Å². The van der Waals surface area contributed by atoms with Crippen LogP contribution in [0.1, 0.15) is 39.5 Å². The first-order valence-corrected chi connectivity index (χ1v) is 4.94. The maximum atomic E-state index is 2.47.